The summed E-state index contributed by atoms with van der Waals surface area (Å²) in [6.07, 6.45) is 3.13. The summed E-state index contributed by atoms with van der Waals surface area (Å²) in [5.41, 5.74) is 0. The Labute approximate surface area is 63.3 Å². The average molecular weight is 143 g/mol. The first kappa shape index (κ1) is 9.66. The highest BCUT2D eigenvalue weighted by Gasteiger charge is 2.12. The van der Waals surface area contributed by atoms with Crippen LogP contribution in [0.5, 0.6) is 0 Å². The minimum atomic E-state index is 0.252. The second kappa shape index (κ2) is 5.45. The maximum atomic E-state index is 5.21. The molecule has 0 aromatic rings. The molecule has 0 spiro atoms. The van der Waals surface area contributed by atoms with Gasteiger partial charge in [0.05, 0.1) is 12.1 Å². The lowest BCUT2D eigenvalue weighted by Gasteiger charge is -2.20. The molecule has 0 heterocycles. The molecule has 0 aliphatic carbocycles. The quantitative estimate of drug-likeness (QED) is 0.584. The van der Waals surface area contributed by atoms with Gasteiger partial charge in [-0.2, -0.15) is 0 Å². The molecular formula is C8H17NO. The van der Waals surface area contributed by atoms with E-state index in [0.717, 1.165) is 6.42 Å². The Morgan fingerprint density at radius 3 is 2.40 bits per heavy atom. The zero-order chi connectivity index (χ0) is 7.98. The average Bonchev–Trinajstić information content (AvgIpc) is 2.00. The fourth-order valence-corrected chi connectivity index (χ4v) is 1.02. The molecule has 0 rings (SSSR count). The maximum Gasteiger partial charge on any atom is 0.0757 e. The van der Waals surface area contributed by atoms with Crippen LogP contribution in [0, 0.1) is 0 Å². The van der Waals surface area contributed by atoms with Crippen LogP contribution >= 0.6 is 0 Å². The predicted molar refractivity (Wildman–Crippen MR) is 44.1 cm³/mol. The summed E-state index contributed by atoms with van der Waals surface area (Å²) in [6.45, 7) is 5.81. The molecule has 2 atom stereocenters. The Bertz CT molecular complexity index is 89.3. The third-order valence-electron chi connectivity index (χ3n) is 1.69. The number of methoxy groups -OCH3 is 1. The monoisotopic (exact) mass is 143 g/mol. The Balaban J connectivity index is 3.81. The number of hydrogen-bond donors (Lipinski definition) is 1. The van der Waals surface area contributed by atoms with Crippen molar-refractivity contribution < 1.29 is 4.74 Å². The van der Waals surface area contributed by atoms with Gasteiger partial charge in [-0.3, -0.25) is 0 Å². The SMILES string of the molecule is C=CC(NC)C(CC)OC. The van der Waals surface area contributed by atoms with E-state index in [4.69, 9.17) is 4.74 Å². The second-order valence-corrected chi connectivity index (χ2v) is 2.23. The summed E-state index contributed by atoms with van der Waals surface area (Å²) in [7, 11) is 3.63. The number of nitrogens with one attached hydrogen (secondary N) is 1. The van der Waals surface area contributed by atoms with E-state index in [1.54, 1.807) is 7.11 Å². The first-order valence-electron chi connectivity index (χ1n) is 3.62. The zero-order valence-corrected chi connectivity index (χ0v) is 7.05. The minimum absolute atomic E-state index is 0.252. The summed E-state index contributed by atoms with van der Waals surface area (Å²) >= 11 is 0. The van der Waals surface area contributed by atoms with Crippen molar-refractivity contribution in [3.8, 4) is 0 Å². The molecule has 0 fully saturated rings. The summed E-state index contributed by atoms with van der Waals surface area (Å²) in [5.74, 6) is 0. The Kier molecular flexibility index (Phi) is 5.26. The first-order valence-corrected chi connectivity index (χ1v) is 3.62. The molecule has 0 amide bonds. The van der Waals surface area contributed by atoms with Crippen molar-refractivity contribution >= 4 is 0 Å². The summed E-state index contributed by atoms with van der Waals surface area (Å²) < 4.78 is 5.21. The Hall–Kier alpha value is -0.340. The predicted octanol–water partition coefficient (Wildman–Crippen LogP) is 1.19. The molecule has 0 saturated carbocycles. The highest BCUT2D eigenvalue weighted by atomic mass is 16.5. The van der Waals surface area contributed by atoms with Gasteiger partial charge in [-0.15, -0.1) is 6.58 Å². The van der Waals surface area contributed by atoms with Gasteiger partial charge in [0.25, 0.3) is 0 Å². The molecular weight excluding hydrogens is 126 g/mol. The molecule has 0 aliphatic heterocycles. The van der Waals surface area contributed by atoms with Gasteiger partial charge in [-0.1, -0.05) is 13.0 Å². The van der Waals surface area contributed by atoms with Gasteiger partial charge in [-0.05, 0) is 13.5 Å². The highest BCUT2D eigenvalue weighted by molar-refractivity contribution is 4.90. The number of ether oxygens (including phenoxy) is 1. The minimum Gasteiger partial charge on any atom is -0.380 e. The van der Waals surface area contributed by atoms with Gasteiger partial charge in [-0.25, -0.2) is 0 Å². The number of hydrogen-bond acceptors (Lipinski definition) is 2. The van der Waals surface area contributed by atoms with E-state index in [9.17, 15) is 0 Å². The smallest absolute Gasteiger partial charge is 0.0757 e. The number of rotatable bonds is 5. The van der Waals surface area contributed by atoms with E-state index in [0.29, 0.717) is 0 Å². The fourth-order valence-electron chi connectivity index (χ4n) is 1.02. The third-order valence-corrected chi connectivity index (χ3v) is 1.69. The van der Waals surface area contributed by atoms with Gasteiger partial charge in [0.2, 0.25) is 0 Å². The van der Waals surface area contributed by atoms with Crippen LogP contribution in [0.15, 0.2) is 12.7 Å². The van der Waals surface area contributed by atoms with E-state index in [2.05, 4.69) is 18.8 Å². The maximum absolute atomic E-state index is 5.21. The van der Waals surface area contributed by atoms with E-state index >= 15 is 0 Å². The standard InChI is InChI=1S/C8H17NO/c1-5-7(9-3)8(6-2)10-4/h5,7-9H,1,6H2,2-4H3. The van der Waals surface area contributed by atoms with Crippen molar-refractivity contribution in [3.63, 3.8) is 0 Å². The van der Waals surface area contributed by atoms with Crippen LogP contribution in [0.1, 0.15) is 13.3 Å². The zero-order valence-electron chi connectivity index (χ0n) is 7.05. The van der Waals surface area contributed by atoms with Crippen LogP contribution in [-0.2, 0) is 4.74 Å². The van der Waals surface area contributed by atoms with Crippen LogP contribution in [0.25, 0.3) is 0 Å². The van der Waals surface area contributed by atoms with Crippen molar-refractivity contribution in [3.05, 3.63) is 12.7 Å². The van der Waals surface area contributed by atoms with Crippen molar-refractivity contribution in [1.29, 1.82) is 0 Å². The van der Waals surface area contributed by atoms with E-state index in [1.165, 1.54) is 0 Å². The van der Waals surface area contributed by atoms with Gasteiger partial charge < -0.3 is 10.1 Å². The third kappa shape index (κ3) is 2.50. The molecule has 0 saturated heterocycles. The molecule has 0 radical (unpaired) electrons. The summed E-state index contributed by atoms with van der Waals surface area (Å²) in [5, 5.41) is 3.11. The number of likely N-dealkylation sites (N-methyl/N-ethyl adjacent to an activating group) is 1. The van der Waals surface area contributed by atoms with E-state index in [-0.39, 0.29) is 12.1 Å². The van der Waals surface area contributed by atoms with Crippen molar-refractivity contribution in [1.82, 2.24) is 5.32 Å². The molecule has 60 valence electrons. The summed E-state index contributed by atoms with van der Waals surface area (Å²) in [6, 6.07) is 0.273. The van der Waals surface area contributed by atoms with E-state index < -0.39 is 0 Å². The van der Waals surface area contributed by atoms with Crippen LogP contribution in [0.3, 0.4) is 0 Å². The molecule has 0 aromatic heterocycles. The largest absolute Gasteiger partial charge is 0.380 e. The molecule has 1 N–H and O–H groups in total. The fraction of sp³-hybridized carbons (Fsp3) is 0.750. The highest BCUT2D eigenvalue weighted by Crippen LogP contribution is 2.02. The molecule has 10 heavy (non-hydrogen) atoms. The van der Waals surface area contributed by atoms with Crippen molar-refractivity contribution in [2.75, 3.05) is 14.2 Å². The van der Waals surface area contributed by atoms with Gasteiger partial charge in [0.15, 0.2) is 0 Å². The molecule has 2 nitrogen and oxygen atoms in total. The normalized spacial score (nSPS) is 16.3. The van der Waals surface area contributed by atoms with Crippen LogP contribution in [0.4, 0.5) is 0 Å². The molecule has 2 unspecified atom stereocenters. The molecule has 2 heteroatoms. The van der Waals surface area contributed by atoms with Crippen LogP contribution < -0.4 is 5.32 Å². The topological polar surface area (TPSA) is 21.3 Å². The van der Waals surface area contributed by atoms with Gasteiger partial charge >= 0.3 is 0 Å². The molecule has 0 bridgehead atoms. The van der Waals surface area contributed by atoms with Crippen molar-refractivity contribution in [2.45, 2.75) is 25.5 Å². The van der Waals surface area contributed by atoms with E-state index in [1.807, 2.05) is 13.1 Å². The second-order valence-electron chi connectivity index (χ2n) is 2.23. The summed E-state index contributed by atoms with van der Waals surface area (Å²) in [4.78, 5) is 0. The molecule has 0 aromatic carbocycles. The lowest BCUT2D eigenvalue weighted by atomic mass is 10.1. The Morgan fingerprint density at radius 1 is 1.70 bits per heavy atom. The van der Waals surface area contributed by atoms with Crippen LogP contribution in [-0.4, -0.2) is 26.3 Å². The van der Waals surface area contributed by atoms with Gasteiger partial charge in [0, 0.05) is 7.11 Å². The Morgan fingerprint density at radius 2 is 2.30 bits per heavy atom. The molecule has 0 aliphatic rings. The lowest BCUT2D eigenvalue weighted by Crippen LogP contribution is -2.36. The van der Waals surface area contributed by atoms with Crippen LogP contribution in [0.2, 0.25) is 0 Å². The van der Waals surface area contributed by atoms with Gasteiger partial charge in [0.1, 0.15) is 0 Å². The lowest BCUT2D eigenvalue weighted by molar-refractivity contribution is 0.0812. The first-order chi connectivity index (χ1) is 4.79. The van der Waals surface area contributed by atoms with Crippen molar-refractivity contribution in [2.24, 2.45) is 0 Å².